The number of nitrogens with zero attached hydrogens (tertiary/aromatic N) is 4. The van der Waals surface area contributed by atoms with Crippen molar-refractivity contribution in [3.63, 3.8) is 0 Å². The first-order valence-corrected chi connectivity index (χ1v) is 7.77. The van der Waals surface area contributed by atoms with E-state index >= 15 is 0 Å². The predicted octanol–water partition coefficient (Wildman–Crippen LogP) is 1.45. The van der Waals surface area contributed by atoms with Crippen molar-refractivity contribution in [1.29, 1.82) is 0 Å². The van der Waals surface area contributed by atoms with Crippen LogP contribution in [0.25, 0.3) is 0 Å². The summed E-state index contributed by atoms with van der Waals surface area (Å²) in [5, 5.41) is 0. The second-order valence-corrected chi connectivity index (χ2v) is 6.49. The zero-order chi connectivity index (χ0) is 16.9. The highest BCUT2D eigenvalue weighted by atomic mass is 16.6. The molecule has 1 fully saturated rings. The summed E-state index contributed by atoms with van der Waals surface area (Å²) in [5.74, 6) is 0.498. The Morgan fingerprint density at radius 2 is 1.96 bits per heavy atom. The molecule has 2 rings (SSSR count). The van der Waals surface area contributed by atoms with Crippen molar-refractivity contribution in [3.05, 3.63) is 30.1 Å². The lowest BCUT2D eigenvalue weighted by Crippen LogP contribution is -2.53. The molecule has 7 heteroatoms. The maximum atomic E-state index is 12.0. The lowest BCUT2D eigenvalue weighted by Gasteiger charge is -2.36. The normalized spacial score (nSPS) is 16.4. The lowest BCUT2D eigenvalue weighted by atomic mass is 10.2. The molecule has 0 atom stereocenters. The van der Waals surface area contributed by atoms with Gasteiger partial charge in [0.25, 0.3) is 0 Å². The van der Waals surface area contributed by atoms with Gasteiger partial charge in [-0.15, -0.1) is 0 Å². The van der Waals surface area contributed by atoms with E-state index in [-0.39, 0.29) is 6.09 Å². The molecule has 1 amide bonds. The Bertz CT molecular complexity index is 545. The fraction of sp³-hybridized carbons (Fsp3) is 0.562. The highest BCUT2D eigenvalue weighted by Gasteiger charge is 2.26. The van der Waals surface area contributed by atoms with Crippen molar-refractivity contribution < 1.29 is 9.53 Å². The Balaban J connectivity index is 1.82. The third-order valence-corrected chi connectivity index (χ3v) is 3.40. The van der Waals surface area contributed by atoms with Crippen LogP contribution in [-0.4, -0.2) is 58.6 Å². The maximum absolute atomic E-state index is 12.0. The maximum Gasteiger partial charge on any atom is 0.410 e. The number of aliphatic imine (C=N–C) groups is 1. The molecular formula is C16H25N5O2. The molecule has 0 aromatic carbocycles. The van der Waals surface area contributed by atoms with Crippen LogP contribution >= 0.6 is 0 Å². The van der Waals surface area contributed by atoms with Crippen LogP contribution in [0.1, 0.15) is 26.3 Å². The summed E-state index contributed by atoms with van der Waals surface area (Å²) in [6, 6.07) is 3.84. The molecule has 1 aliphatic rings. The summed E-state index contributed by atoms with van der Waals surface area (Å²) in [4.78, 5) is 24.2. The molecule has 0 saturated carbocycles. The van der Waals surface area contributed by atoms with Gasteiger partial charge in [-0.1, -0.05) is 6.07 Å². The standard InChI is InChI=1S/C16H25N5O2/c1-16(2,3)23-15(22)21-9-7-20(8-10-21)14(17)19-12-13-5-4-6-18-11-13/h4-6,11H,7-10,12H2,1-3H3,(H2,17,19). The molecule has 0 aliphatic carbocycles. The smallest absolute Gasteiger partial charge is 0.410 e. The van der Waals surface area contributed by atoms with Crippen molar-refractivity contribution in [2.24, 2.45) is 10.7 Å². The number of guanidine groups is 1. The van der Waals surface area contributed by atoms with Gasteiger partial charge in [-0.3, -0.25) is 4.98 Å². The zero-order valence-electron chi connectivity index (χ0n) is 14.0. The number of amides is 1. The van der Waals surface area contributed by atoms with Gasteiger partial charge in [0, 0.05) is 38.6 Å². The van der Waals surface area contributed by atoms with Crippen LogP contribution in [0.5, 0.6) is 0 Å². The number of hydrogen-bond donors (Lipinski definition) is 1. The van der Waals surface area contributed by atoms with E-state index in [1.165, 1.54) is 0 Å². The van der Waals surface area contributed by atoms with Gasteiger partial charge in [0.2, 0.25) is 0 Å². The van der Waals surface area contributed by atoms with Crippen LogP contribution in [0.3, 0.4) is 0 Å². The number of piperazine rings is 1. The minimum absolute atomic E-state index is 0.275. The molecule has 2 heterocycles. The molecule has 0 unspecified atom stereocenters. The van der Waals surface area contributed by atoms with Crippen molar-refractivity contribution in [1.82, 2.24) is 14.8 Å². The second-order valence-electron chi connectivity index (χ2n) is 6.49. The van der Waals surface area contributed by atoms with Crippen molar-refractivity contribution in [2.45, 2.75) is 32.9 Å². The van der Waals surface area contributed by atoms with Crippen LogP contribution in [0.4, 0.5) is 4.79 Å². The zero-order valence-corrected chi connectivity index (χ0v) is 14.0. The van der Waals surface area contributed by atoms with Crippen LogP contribution in [-0.2, 0) is 11.3 Å². The van der Waals surface area contributed by atoms with Gasteiger partial charge in [-0.2, -0.15) is 0 Å². The number of ether oxygens (including phenoxy) is 1. The molecule has 126 valence electrons. The van der Waals surface area contributed by atoms with Crippen LogP contribution in [0, 0.1) is 0 Å². The number of pyridine rings is 1. The van der Waals surface area contributed by atoms with E-state index in [1.54, 1.807) is 17.3 Å². The van der Waals surface area contributed by atoms with Crippen molar-refractivity contribution in [3.8, 4) is 0 Å². The largest absolute Gasteiger partial charge is 0.444 e. The van der Waals surface area contributed by atoms with E-state index < -0.39 is 5.60 Å². The Kier molecular flexibility index (Phi) is 5.41. The van der Waals surface area contributed by atoms with Gasteiger partial charge < -0.3 is 20.3 Å². The summed E-state index contributed by atoms with van der Waals surface area (Å²) in [7, 11) is 0. The van der Waals surface area contributed by atoms with Crippen molar-refractivity contribution >= 4 is 12.1 Å². The summed E-state index contributed by atoms with van der Waals surface area (Å²) < 4.78 is 5.38. The van der Waals surface area contributed by atoms with Gasteiger partial charge in [0.1, 0.15) is 5.60 Å². The Labute approximate surface area is 137 Å². The minimum atomic E-state index is -0.474. The van der Waals surface area contributed by atoms with Crippen molar-refractivity contribution in [2.75, 3.05) is 26.2 Å². The number of rotatable bonds is 2. The predicted molar refractivity (Wildman–Crippen MR) is 88.9 cm³/mol. The van der Waals surface area contributed by atoms with Gasteiger partial charge in [0.15, 0.2) is 5.96 Å². The fourth-order valence-electron chi connectivity index (χ4n) is 2.21. The summed E-state index contributed by atoms with van der Waals surface area (Å²) >= 11 is 0. The van der Waals surface area contributed by atoms with E-state index in [0.29, 0.717) is 38.7 Å². The Morgan fingerprint density at radius 3 is 2.52 bits per heavy atom. The molecule has 0 bridgehead atoms. The first kappa shape index (κ1) is 17.1. The number of carbonyl (C=O) groups excluding carboxylic acids is 1. The molecule has 1 aromatic rings. The molecule has 7 nitrogen and oxygen atoms in total. The topological polar surface area (TPSA) is 84.0 Å². The van der Waals surface area contributed by atoms with Crippen LogP contribution in [0.15, 0.2) is 29.5 Å². The van der Waals surface area contributed by atoms with Crippen LogP contribution in [0.2, 0.25) is 0 Å². The highest BCUT2D eigenvalue weighted by molar-refractivity contribution is 5.78. The van der Waals surface area contributed by atoms with E-state index in [9.17, 15) is 4.79 Å². The second kappa shape index (κ2) is 7.30. The lowest BCUT2D eigenvalue weighted by molar-refractivity contribution is 0.0186. The SMILES string of the molecule is CC(C)(C)OC(=O)N1CCN(C(N)=NCc2cccnc2)CC1. The van der Waals surface area contributed by atoms with E-state index in [1.807, 2.05) is 37.8 Å². The number of nitrogens with two attached hydrogens (primary N) is 1. The van der Waals surface area contributed by atoms with Crippen LogP contribution < -0.4 is 5.73 Å². The van der Waals surface area contributed by atoms with Gasteiger partial charge >= 0.3 is 6.09 Å². The molecular weight excluding hydrogens is 294 g/mol. The van der Waals surface area contributed by atoms with Gasteiger partial charge in [0.05, 0.1) is 6.54 Å². The first-order chi connectivity index (χ1) is 10.8. The van der Waals surface area contributed by atoms with E-state index in [2.05, 4.69) is 9.98 Å². The number of carbonyl (C=O) groups is 1. The van der Waals surface area contributed by atoms with E-state index in [0.717, 1.165) is 5.56 Å². The minimum Gasteiger partial charge on any atom is -0.444 e. The number of aromatic nitrogens is 1. The van der Waals surface area contributed by atoms with Gasteiger partial charge in [-0.25, -0.2) is 9.79 Å². The quantitative estimate of drug-likeness (QED) is 0.659. The van der Waals surface area contributed by atoms with Gasteiger partial charge in [-0.05, 0) is 32.4 Å². The summed E-state index contributed by atoms with van der Waals surface area (Å²) in [5.41, 5.74) is 6.58. The molecule has 1 saturated heterocycles. The highest BCUT2D eigenvalue weighted by Crippen LogP contribution is 2.12. The Hall–Kier alpha value is -2.31. The molecule has 23 heavy (non-hydrogen) atoms. The summed E-state index contributed by atoms with van der Waals surface area (Å²) in [6.07, 6.45) is 3.23. The summed E-state index contributed by atoms with van der Waals surface area (Å²) in [6.45, 7) is 8.57. The number of hydrogen-bond acceptors (Lipinski definition) is 4. The molecule has 0 spiro atoms. The monoisotopic (exact) mass is 319 g/mol. The fourth-order valence-corrected chi connectivity index (χ4v) is 2.21. The average Bonchev–Trinajstić information content (AvgIpc) is 2.52. The Morgan fingerprint density at radius 1 is 1.30 bits per heavy atom. The third kappa shape index (κ3) is 5.43. The molecule has 0 radical (unpaired) electrons. The first-order valence-electron chi connectivity index (χ1n) is 7.77. The van der Waals surface area contributed by atoms with E-state index in [4.69, 9.17) is 10.5 Å². The molecule has 1 aromatic heterocycles. The molecule has 1 aliphatic heterocycles. The third-order valence-electron chi connectivity index (χ3n) is 3.40. The molecule has 2 N–H and O–H groups in total. The average molecular weight is 319 g/mol.